The summed E-state index contributed by atoms with van der Waals surface area (Å²) in [6.45, 7) is 2.22. The number of thioether (sulfide) groups is 1. The number of hydrogen-bond donors (Lipinski definition) is 2. The van der Waals surface area contributed by atoms with Gasteiger partial charge in [0.05, 0.1) is 17.5 Å². The third-order valence-electron chi connectivity index (χ3n) is 3.41. The summed E-state index contributed by atoms with van der Waals surface area (Å²) in [5.41, 5.74) is 0.921. The molecule has 2 aromatic rings. The molecule has 1 aromatic carbocycles. The number of fused-ring (bicyclic) bond motifs is 1. The molecule has 1 unspecified atom stereocenters. The molecule has 1 aromatic heterocycles. The van der Waals surface area contributed by atoms with E-state index in [1.54, 1.807) is 18.0 Å². The monoisotopic (exact) mass is 287 g/mol. The Balaban J connectivity index is 1.69. The largest absolute Gasteiger partial charge is 0.349 e. The first-order valence-corrected chi connectivity index (χ1v) is 7.82. The fourth-order valence-corrected chi connectivity index (χ4v) is 3.36. The van der Waals surface area contributed by atoms with Crippen molar-refractivity contribution in [2.75, 3.05) is 18.8 Å². The number of nitrogens with one attached hydrogen (secondary N) is 2. The number of pyridine rings is 1. The number of aromatic nitrogens is 1. The van der Waals surface area contributed by atoms with Gasteiger partial charge in [-0.15, -0.1) is 11.8 Å². The standard InChI is InChI=1S/C15H17N3OS/c19-15(14-10-16-7-8-20-14)18-9-13-12-4-2-1-3-11(12)5-6-17-13/h1-6,14,16H,7-10H2,(H,18,19). The number of nitrogens with zero attached hydrogens (tertiary/aromatic N) is 1. The Morgan fingerprint density at radius 2 is 2.30 bits per heavy atom. The minimum absolute atomic E-state index is 0.0127. The lowest BCUT2D eigenvalue weighted by Gasteiger charge is -2.21. The van der Waals surface area contributed by atoms with Crippen LogP contribution in [-0.2, 0) is 11.3 Å². The van der Waals surface area contributed by atoms with Crippen LogP contribution in [0, 0.1) is 0 Å². The Morgan fingerprint density at radius 3 is 3.15 bits per heavy atom. The number of carbonyl (C=O) groups excluding carboxylic acids is 1. The molecule has 1 fully saturated rings. The number of amides is 1. The zero-order chi connectivity index (χ0) is 13.8. The SMILES string of the molecule is O=C(NCc1nccc2ccccc12)C1CNCCS1. The zero-order valence-corrected chi connectivity index (χ0v) is 12.0. The molecular formula is C15H17N3OS. The zero-order valence-electron chi connectivity index (χ0n) is 11.1. The molecule has 104 valence electrons. The van der Waals surface area contributed by atoms with Gasteiger partial charge in [-0.3, -0.25) is 9.78 Å². The van der Waals surface area contributed by atoms with Crippen LogP contribution in [0.4, 0.5) is 0 Å². The number of benzene rings is 1. The normalized spacial score (nSPS) is 18.9. The smallest absolute Gasteiger partial charge is 0.234 e. The number of rotatable bonds is 3. The van der Waals surface area contributed by atoms with Crippen LogP contribution in [0.2, 0.25) is 0 Å². The third-order valence-corrected chi connectivity index (χ3v) is 4.63. The predicted molar refractivity (Wildman–Crippen MR) is 82.7 cm³/mol. The molecule has 4 nitrogen and oxygen atoms in total. The lowest BCUT2D eigenvalue weighted by atomic mass is 10.1. The molecule has 20 heavy (non-hydrogen) atoms. The highest BCUT2D eigenvalue weighted by molar-refractivity contribution is 8.00. The minimum Gasteiger partial charge on any atom is -0.349 e. The maximum absolute atomic E-state index is 12.1. The van der Waals surface area contributed by atoms with Gasteiger partial charge >= 0.3 is 0 Å². The molecule has 1 aliphatic rings. The average Bonchev–Trinajstić information content (AvgIpc) is 2.53. The fourth-order valence-electron chi connectivity index (χ4n) is 2.34. The van der Waals surface area contributed by atoms with Crippen molar-refractivity contribution in [3.63, 3.8) is 0 Å². The van der Waals surface area contributed by atoms with Gasteiger partial charge in [0.2, 0.25) is 5.91 Å². The molecule has 2 N–H and O–H groups in total. The van der Waals surface area contributed by atoms with E-state index in [4.69, 9.17) is 0 Å². The minimum atomic E-state index is 0.0127. The summed E-state index contributed by atoms with van der Waals surface area (Å²) < 4.78 is 0. The molecule has 0 saturated carbocycles. The van der Waals surface area contributed by atoms with Crippen molar-refractivity contribution in [3.8, 4) is 0 Å². The van der Waals surface area contributed by atoms with E-state index < -0.39 is 0 Å². The molecule has 0 bridgehead atoms. The molecule has 1 amide bonds. The van der Waals surface area contributed by atoms with Crippen molar-refractivity contribution in [2.45, 2.75) is 11.8 Å². The van der Waals surface area contributed by atoms with E-state index in [1.165, 1.54) is 0 Å². The van der Waals surface area contributed by atoms with E-state index in [1.807, 2.05) is 24.3 Å². The van der Waals surface area contributed by atoms with E-state index in [9.17, 15) is 4.79 Å². The van der Waals surface area contributed by atoms with Crippen LogP contribution >= 0.6 is 11.8 Å². The fraction of sp³-hybridized carbons (Fsp3) is 0.333. The Kier molecular flexibility index (Phi) is 4.18. The van der Waals surface area contributed by atoms with Gasteiger partial charge in [0.25, 0.3) is 0 Å². The maximum atomic E-state index is 12.1. The molecule has 1 atom stereocenters. The first-order valence-electron chi connectivity index (χ1n) is 6.77. The van der Waals surface area contributed by atoms with E-state index in [2.05, 4.69) is 21.7 Å². The highest BCUT2D eigenvalue weighted by Crippen LogP contribution is 2.17. The van der Waals surface area contributed by atoms with Gasteiger partial charge in [-0.2, -0.15) is 0 Å². The lowest BCUT2D eigenvalue weighted by molar-refractivity contribution is -0.120. The quantitative estimate of drug-likeness (QED) is 0.899. The van der Waals surface area contributed by atoms with Crippen molar-refractivity contribution in [2.24, 2.45) is 0 Å². The van der Waals surface area contributed by atoms with Gasteiger partial charge in [0, 0.05) is 30.4 Å². The van der Waals surface area contributed by atoms with Gasteiger partial charge in [0.15, 0.2) is 0 Å². The first kappa shape index (κ1) is 13.4. The summed E-state index contributed by atoms with van der Waals surface area (Å²) >= 11 is 1.72. The van der Waals surface area contributed by atoms with Crippen LogP contribution in [0.1, 0.15) is 5.69 Å². The van der Waals surface area contributed by atoms with Crippen molar-refractivity contribution in [3.05, 3.63) is 42.2 Å². The highest BCUT2D eigenvalue weighted by Gasteiger charge is 2.21. The number of hydrogen-bond acceptors (Lipinski definition) is 4. The molecule has 0 radical (unpaired) electrons. The topological polar surface area (TPSA) is 54.0 Å². The second kappa shape index (κ2) is 6.24. The second-order valence-corrected chi connectivity index (χ2v) is 6.07. The first-order chi connectivity index (χ1) is 9.84. The Hall–Kier alpha value is -1.59. The second-order valence-electron chi connectivity index (χ2n) is 4.76. The van der Waals surface area contributed by atoms with Crippen LogP contribution < -0.4 is 10.6 Å². The Morgan fingerprint density at radius 1 is 1.40 bits per heavy atom. The maximum Gasteiger partial charge on any atom is 0.234 e. The van der Waals surface area contributed by atoms with E-state index in [0.717, 1.165) is 35.3 Å². The Bertz CT molecular complexity index is 606. The molecule has 1 aliphatic heterocycles. The lowest BCUT2D eigenvalue weighted by Crippen LogP contribution is -2.43. The molecule has 1 saturated heterocycles. The van der Waals surface area contributed by atoms with Gasteiger partial charge in [0.1, 0.15) is 0 Å². The van der Waals surface area contributed by atoms with Crippen LogP contribution in [0.5, 0.6) is 0 Å². The molecule has 3 rings (SSSR count). The molecule has 2 heterocycles. The Labute approximate surface area is 122 Å². The molecule has 0 spiro atoms. The summed E-state index contributed by atoms with van der Waals surface area (Å²) in [6, 6.07) is 10.1. The van der Waals surface area contributed by atoms with Gasteiger partial charge < -0.3 is 10.6 Å². The van der Waals surface area contributed by atoms with E-state index in [-0.39, 0.29) is 11.2 Å². The van der Waals surface area contributed by atoms with E-state index in [0.29, 0.717) is 6.54 Å². The summed E-state index contributed by atoms with van der Waals surface area (Å²) in [5, 5.41) is 8.51. The third kappa shape index (κ3) is 2.94. The van der Waals surface area contributed by atoms with Crippen LogP contribution in [0.15, 0.2) is 36.5 Å². The van der Waals surface area contributed by atoms with Gasteiger partial charge in [-0.05, 0) is 11.5 Å². The van der Waals surface area contributed by atoms with Gasteiger partial charge in [-0.1, -0.05) is 24.3 Å². The van der Waals surface area contributed by atoms with Crippen molar-refractivity contribution < 1.29 is 4.79 Å². The highest BCUT2D eigenvalue weighted by atomic mass is 32.2. The summed E-state index contributed by atoms with van der Waals surface area (Å²) in [5.74, 6) is 1.09. The molecule has 5 heteroatoms. The van der Waals surface area contributed by atoms with Crippen LogP contribution in [0.25, 0.3) is 10.8 Å². The summed E-state index contributed by atoms with van der Waals surface area (Å²) in [7, 11) is 0. The van der Waals surface area contributed by atoms with Crippen molar-refractivity contribution in [1.29, 1.82) is 0 Å². The predicted octanol–water partition coefficient (Wildman–Crippen LogP) is 1.56. The summed E-state index contributed by atoms with van der Waals surface area (Å²) in [4.78, 5) is 16.5. The van der Waals surface area contributed by atoms with Crippen LogP contribution in [0.3, 0.4) is 0 Å². The van der Waals surface area contributed by atoms with Crippen molar-refractivity contribution >= 4 is 28.4 Å². The average molecular weight is 287 g/mol. The van der Waals surface area contributed by atoms with Gasteiger partial charge in [-0.25, -0.2) is 0 Å². The summed E-state index contributed by atoms with van der Waals surface area (Å²) in [6.07, 6.45) is 1.79. The molecule has 0 aliphatic carbocycles. The molecular weight excluding hydrogens is 270 g/mol. The number of carbonyl (C=O) groups is 1. The van der Waals surface area contributed by atoms with Crippen LogP contribution in [-0.4, -0.2) is 35.0 Å². The van der Waals surface area contributed by atoms with Crippen molar-refractivity contribution in [1.82, 2.24) is 15.6 Å². The van der Waals surface area contributed by atoms with E-state index >= 15 is 0 Å².